The zero-order valence-corrected chi connectivity index (χ0v) is 15.9. The van der Waals surface area contributed by atoms with E-state index in [4.69, 9.17) is 5.11 Å². The van der Waals surface area contributed by atoms with Crippen molar-refractivity contribution in [3.05, 3.63) is 54.1 Å². The molecule has 2 unspecified atom stereocenters. The molecule has 0 saturated carbocycles. The van der Waals surface area contributed by atoms with Gasteiger partial charge in [0.2, 0.25) is 10.0 Å². The lowest BCUT2D eigenvalue weighted by molar-refractivity contribution is -0.137. The minimum Gasteiger partial charge on any atom is -0.481 e. The van der Waals surface area contributed by atoms with E-state index in [1.807, 2.05) is 13.0 Å². The smallest absolute Gasteiger partial charge is 0.303 e. The fourth-order valence-electron chi connectivity index (χ4n) is 3.02. The predicted octanol–water partition coefficient (Wildman–Crippen LogP) is 3.67. The first-order chi connectivity index (χ1) is 12.4. The van der Waals surface area contributed by atoms with Crippen molar-refractivity contribution in [2.45, 2.75) is 43.9 Å². The van der Waals surface area contributed by atoms with Crippen LogP contribution in [0, 0.1) is 18.8 Å². The number of rotatable bonds is 9. The van der Waals surface area contributed by atoms with Gasteiger partial charge in [-0.15, -0.1) is 0 Å². The molecular formula is C20H27NO4S. The molecule has 0 saturated heterocycles. The van der Waals surface area contributed by atoms with E-state index in [1.54, 1.807) is 24.3 Å². The molecule has 6 heteroatoms. The fourth-order valence-corrected chi connectivity index (χ4v) is 4.12. The molecule has 142 valence electrons. The van der Waals surface area contributed by atoms with Crippen molar-refractivity contribution in [3.63, 3.8) is 0 Å². The lowest BCUT2D eigenvalue weighted by Gasteiger charge is -2.26. The van der Waals surface area contributed by atoms with Crippen LogP contribution in [0.4, 0.5) is 0 Å². The molecular weight excluding hydrogens is 350 g/mol. The van der Waals surface area contributed by atoms with Crippen LogP contribution in [0.25, 0.3) is 0 Å². The molecule has 5 nitrogen and oxygen atoms in total. The first kappa shape index (κ1) is 20.4. The molecule has 2 atom stereocenters. The Bertz CT molecular complexity index is 751. The topological polar surface area (TPSA) is 83.5 Å². The van der Waals surface area contributed by atoms with Gasteiger partial charge in [-0.05, 0) is 56.6 Å². The highest BCUT2D eigenvalue weighted by Crippen LogP contribution is 2.27. The van der Waals surface area contributed by atoms with E-state index in [-0.39, 0.29) is 23.2 Å². The Hall–Kier alpha value is -1.92. The van der Waals surface area contributed by atoms with E-state index in [1.165, 1.54) is 0 Å². The van der Waals surface area contributed by atoms with Crippen molar-refractivity contribution in [1.29, 1.82) is 0 Å². The molecule has 0 radical (unpaired) electrons. The fraction of sp³-hybridized carbons (Fsp3) is 0.450. The Balaban J connectivity index is 1.91. The molecule has 1 aromatic carbocycles. The average molecular weight is 378 g/mol. The molecule has 0 bridgehead atoms. The highest BCUT2D eigenvalue weighted by molar-refractivity contribution is 7.89. The van der Waals surface area contributed by atoms with Crippen molar-refractivity contribution in [1.82, 2.24) is 4.72 Å². The van der Waals surface area contributed by atoms with Crippen molar-refractivity contribution in [2.75, 3.05) is 6.54 Å². The molecule has 0 spiro atoms. The van der Waals surface area contributed by atoms with E-state index in [0.29, 0.717) is 13.0 Å². The van der Waals surface area contributed by atoms with E-state index < -0.39 is 16.0 Å². The number of nitrogens with one attached hydrogen (secondary N) is 1. The van der Waals surface area contributed by atoms with E-state index in [2.05, 4.69) is 23.0 Å². The lowest BCUT2D eigenvalue weighted by Crippen LogP contribution is -2.33. The molecule has 0 aromatic heterocycles. The second-order valence-corrected chi connectivity index (χ2v) is 8.51. The van der Waals surface area contributed by atoms with Crippen LogP contribution in [0.5, 0.6) is 0 Å². The van der Waals surface area contributed by atoms with Crippen molar-refractivity contribution in [3.8, 4) is 0 Å². The Kier molecular flexibility index (Phi) is 7.60. The van der Waals surface area contributed by atoms with Crippen LogP contribution >= 0.6 is 0 Å². The Morgan fingerprint density at radius 3 is 2.62 bits per heavy atom. The number of carboxylic acid groups (broad SMARTS) is 1. The number of allylic oxidation sites excluding steroid dienone is 4. The molecule has 1 aromatic rings. The largest absolute Gasteiger partial charge is 0.481 e. The van der Waals surface area contributed by atoms with E-state index in [0.717, 1.165) is 24.8 Å². The van der Waals surface area contributed by atoms with Gasteiger partial charge in [-0.2, -0.15) is 0 Å². The summed E-state index contributed by atoms with van der Waals surface area (Å²) in [6, 6.07) is 6.83. The van der Waals surface area contributed by atoms with Gasteiger partial charge in [0.15, 0.2) is 0 Å². The second-order valence-electron chi connectivity index (χ2n) is 6.75. The molecule has 2 rings (SSSR count). The summed E-state index contributed by atoms with van der Waals surface area (Å²) in [6.07, 6.45) is 11.6. The molecule has 0 heterocycles. The van der Waals surface area contributed by atoms with Gasteiger partial charge >= 0.3 is 5.97 Å². The van der Waals surface area contributed by atoms with Crippen LogP contribution in [-0.4, -0.2) is 26.0 Å². The number of carboxylic acids is 1. The first-order valence-corrected chi connectivity index (χ1v) is 10.5. The summed E-state index contributed by atoms with van der Waals surface area (Å²) in [7, 11) is -3.50. The van der Waals surface area contributed by atoms with Crippen LogP contribution in [0.2, 0.25) is 0 Å². The highest BCUT2D eigenvalue weighted by Gasteiger charge is 2.23. The summed E-state index contributed by atoms with van der Waals surface area (Å²) < 4.78 is 27.6. The normalized spacial score (nSPS) is 20.5. The maximum Gasteiger partial charge on any atom is 0.303 e. The number of hydrogen-bond acceptors (Lipinski definition) is 3. The average Bonchev–Trinajstić information content (AvgIpc) is 2.61. The maximum atomic E-state index is 12.5. The molecule has 26 heavy (non-hydrogen) atoms. The molecule has 2 N–H and O–H groups in total. The SMILES string of the molecule is Cc1ccc(S(=O)(=O)NCC2CC=CCC2/C=C/CCCC(=O)O)cc1. The monoisotopic (exact) mass is 377 g/mol. The second kappa shape index (κ2) is 9.69. The first-order valence-electron chi connectivity index (χ1n) is 8.98. The zero-order valence-electron chi connectivity index (χ0n) is 15.1. The van der Waals surface area contributed by atoms with Crippen LogP contribution in [0.1, 0.15) is 37.7 Å². The zero-order chi connectivity index (χ0) is 19.0. The number of carbonyl (C=O) groups is 1. The number of benzene rings is 1. The molecule has 1 aliphatic carbocycles. The van der Waals surface area contributed by atoms with Crippen LogP contribution in [-0.2, 0) is 14.8 Å². The van der Waals surface area contributed by atoms with Gasteiger partial charge in [0.25, 0.3) is 0 Å². The van der Waals surface area contributed by atoms with Crippen LogP contribution in [0.3, 0.4) is 0 Å². The number of aliphatic carboxylic acids is 1. The predicted molar refractivity (Wildman–Crippen MR) is 102 cm³/mol. The summed E-state index contributed by atoms with van der Waals surface area (Å²) >= 11 is 0. The summed E-state index contributed by atoms with van der Waals surface area (Å²) in [5.74, 6) is -0.302. The van der Waals surface area contributed by atoms with Gasteiger partial charge < -0.3 is 5.11 Å². The van der Waals surface area contributed by atoms with Gasteiger partial charge in [-0.1, -0.05) is 42.0 Å². The third kappa shape index (κ3) is 6.42. The van der Waals surface area contributed by atoms with Crippen molar-refractivity contribution >= 4 is 16.0 Å². The van der Waals surface area contributed by atoms with Gasteiger partial charge in [0, 0.05) is 13.0 Å². The summed E-state index contributed by atoms with van der Waals surface area (Å²) in [5.41, 5.74) is 1.02. The minimum atomic E-state index is -3.50. The van der Waals surface area contributed by atoms with Crippen LogP contribution in [0.15, 0.2) is 53.5 Å². The Labute approximate surface area is 155 Å². The third-order valence-corrected chi connectivity index (χ3v) is 6.07. The van der Waals surface area contributed by atoms with Gasteiger partial charge in [0.1, 0.15) is 0 Å². The van der Waals surface area contributed by atoms with Crippen LogP contribution < -0.4 is 4.72 Å². The minimum absolute atomic E-state index is 0.175. The lowest BCUT2D eigenvalue weighted by atomic mass is 9.83. The van der Waals surface area contributed by atoms with Gasteiger partial charge in [0.05, 0.1) is 4.90 Å². The Morgan fingerprint density at radius 1 is 1.23 bits per heavy atom. The summed E-state index contributed by atoms with van der Waals surface area (Å²) in [4.78, 5) is 10.8. The molecule has 0 fully saturated rings. The molecule has 1 aliphatic rings. The third-order valence-electron chi connectivity index (χ3n) is 4.63. The molecule has 0 aliphatic heterocycles. The Morgan fingerprint density at radius 2 is 1.92 bits per heavy atom. The number of aryl methyl sites for hydroxylation is 1. The standard InChI is InChI=1S/C20H27NO4S/c1-16-11-13-19(14-12-16)26(24,25)21-15-18-9-6-5-8-17(18)7-3-2-4-10-20(22)23/h3,5-7,11-14,17-18,21H,2,4,8-10,15H2,1H3,(H,22,23)/b7-3+. The quantitative estimate of drug-likeness (QED) is 0.508. The highest BCUT2D eigenvalue weighted by atomic mass is 32.2. The van der Waals surface area contributed by atoms with Crippen molar-refractivity contribution < 1.29 is 18.3 Å². The van der Waals surface area contributed by atoms with E-state index >= 15 is 0 Å². The van der Waals surface area contributed by atoms with Gasteiger partial charge in [-0.3, -0.25) is 4.79 Å². The number of sulfonamides is 1. The number of unbranched alkanes of at least 4 members (excludes halogenated alkanes) is 1. The van der Waals surface area contributed by atoms with Crippen molar-refractivity contribution in [2.24, 2.45) is 11.8 Å². The summed E-state index contributed by atoms with van der Waals surface area (Å²) in [5, 5.41) is 8.66. The number of hydrogen-bond donors (Lipinski definition) is 2. The van der Waals surface area contributed by atoms with E-state index in [9.17, 15) is 13.2 Å². The van der Waals surface area contributed by atoms with Gasteiger partial charge in [-0.25, -0.2) is 13.1 Å². The summed E-state index contributed by atoms with van der Waals surface area (Å²) in [6.45, 7) is 2.32. The molecule has 0 amide bonds. The maximum absolute atomic E-state index is 12.5.